The van der Waals surface area contributed by atoms with Gasteiger partial charge < -0.3 is 15.7 Å². The van der Waals surface area contributed by atoms with Crippen molar-refractivity contribution >= 4 is 39.9 Å². The van der Waals surface area contributed by atoms with E-state index < -0.39 is 0 Å². The maximum Gasteiger partial charge on any atom is 0.276 e. The second kappa shape index (κ2) is 8.00. The summed E-state index contributed by atoms with van der Waals surface area (Å²) in [5, 5.41) is 20.5. The molecule has 1 aromatic carbocycles. The molecule has 2 aromatic rings. The first-order valence-corrected chi connectivity index (χ1v) is 8.40. The number of phenolic OH excluding ortho intramolecular Hbond substituents is 1. The van der Waals surface area contributed by atoms with Crippen LogP contribution in [0.5, 0.6) is 5.75 Å². The molecule has 1 amide bonds. The highest BCUT2D eigenvalue weighted by atomic mass is 79.9. The Morgan fingerprint density at radius 3 is 3.00 bits per heavy atom. The Kier molecular flexibility index (Phi) is 6.26. The number of halogens is 2. The van der Waals surface area contributed by atoms with Crippen LogP contribution in [-0.2, 0) is 0 Å². The number of piperidine rings is 1. The van der Waals surface area contributed by atoms with Crippen LogP contribution in [0.4, 0.5) is 5.69 Å². The molecule has 0 saturated carbocycles. The SMILES string of the molecule is Cc1cc(Br)c(O)c(NC(=O)c2ccn(C3CCCNC3)n2)c1.Cl. The number of amides is 1. The first kappa shape index (κ1) is 18.8. The van der Waals surface area contributed by atoms with Crippen molar-refractivity contribution in [3.8, 4) is 5.75 Å². The van der Waals surface area contributed by atoms with Gasteiger partial charge in [-0.25, -0.2) is 0 Å². The van der Waals surface area contributed by atoms with Gasteiger partial charge in [-0.1, -0.05) is 0 Å². The van der Waals surface area contributed by atoms with Crippen molar-refractivity contribution in [2.45, 2.75) is 25.8 Å². The zero-order valence-corrected chi connectivity index (χ0v) is 15.7. The summed E-state index contributed by atoms with van der Waals surface area (Å²) in [6, 6.07) is 5.49. The number of carbonyl (C=O) groups is 1. The monoisotopic (exact) mass is 414 g/mol. The zero-order valence-electron chi connectivity index (χ0n) is 13.3. The van der Waals surface area contributed by atoms with Gasteiger partial charge in [0.05, 0.1) is 16.2 Å². The summed E-state index contributed by atoms with van der Waals surface area (Å²) in [7, 11) is 0. The number of hydrogen-bond acceptors (Lipinski definition) is 4. The van der Waals surface area contributed by atoms with E-state index in [2.05, 4.69) is 31.7 Å². The van der Waals surface area contributed by atoms with Gasteiger partial charge in [0.1, 0.15) is 0 Å². The van der Waals surface area contributed by atoms with Crippen LogP contribution in [-0.4, -0.2) is 33.9 Å². The Hall–Kier alpha value is -1.57. The number of aromatic nitrogens is 2. The summed E-state index contributed by atoms with van der Waals surface area (Å²) in [5.74, 6) is -0.319. The summed E-state index contributed by atoms with van der Waals surface area (Å²) in [5.41, 5.74) is 1.65. The molecule has 130 valence electrons. The molecular formula is C16H20BrClN4O2. The Labute approximate surface area is 155 Å². The van der Waals surface area contributed by atoms with E-state index in [-0.39, 0.29) is 30.1 Å². The van der Waals surface area contributed by atoms with Crippen molar-refractivity contribution in [1.82, 2.24) is 15.1 Å². The highest BCUT2D eigenvalue weighted by molar-refractivity contribution is 9.10. The Bertz CT molecular complexity index is 729. The smallest absolute Gasteiger partial charge is 0.276 e. The van der Waals surface area contributed by atoms with Crippen LogP contribution in [0.3, 0.4) is 0 Å². The summed E-state index contributed by atoms with van der Waals surface area (Å²) in [6.07, 6.45) is 4.00. The second-order valence-corrected chi connectivity index (χ2v) is 6.63. The van der Waals surface area contributed by atoms with Crippen LogP contribution in [0.15, 0.2) is 28.9 Å². The van der Waals surface area contributed by atoms with Crippen molar-refractivity contribution in [3.05, 3.63) is 40.1 Å². The molecular weight excluding hydrogens is 396 g/mol. The van der Waals surface area contributed by atoms with Gasteiger partial charge in [0.25, 0.3) is 5.91 Å². The van der Waals surface area contributed by atoms with E-state index in [9.17, 15) is 9.90 Å². The van der Waals surface area contributed by atoms with E-state index in [4.69, 9.17) is 0 Å². The maximum absolute atomic E-state index is 12.4. The van der Waals surface area contributed by atoms with Gasteiger partial charge in [0, 0.05) is 12.7 Å². The lowest BCUT2D eigenvalue weighted by atomic mass is 10.1. The van der Waals surface area contributed by atoms with Crippen molar-refractivity contribution in [1.29, 1.82) is 0 Å². The molecule has 1 aromatic heterocycles. The van der Waals surface area contributed by atoms with Crippen molar-refractivity contribution < 1.29 is 9.90 Å². The molecule has 6 nitrogen and oxygen atoms in total. The molecule has 2 heterocycles. The number of aromatic hydroxyl groups is 1. The predicted octanol–water partition coefficient (Wildman–Crippen LogP) is 3.26. The van der Waals surface area contributed by atoms with E-state index in [1.165, 1.54) is 0 Å². The summed E-state index contributed by atoms with van der Waals surface area (Å²) < 4.78 is 2.39. The summed E-state index contributed by atoms with van der Waals surface area (Å²) in [6.45, 7) is 3.80. The molecule has 3 N–H and O–H groups in total. The highest BCUT2D eigenvalue weighted by Crippen LogP contribution is 2.33. The Morgan fingerprint density at radius 1 is 1.50 bits per heavy atom. The fourth-order valence-corrected chi connectivity index (χ4v) is 3.31. The summed E-state index contributed by atoms with van der Waals surface area (Å²) in [4.78, 5) is 12.4. The number of nitrogens with zero attached hydrogens (tertiary/aromatic N) is 2. The number of anilines is 1. The second-order valence-electron chi connectivity index (χ2n) is 5.78. The van der Waals surface area contributed by atoms with Crippen molar-refractivity contribution in [2.24, 2.45) is 0 Å². The van der Waals surface area contributed by atoms with Crippen molar-refractivity contribution in [2.75, 3.05) is 18.4 Å². The first-order chi connectivity index (χ1) is 11.0. The Balaban J connectivity index is 0.00000208. The van der Waals surface area contributed by atoms with Gasteiger partial charge in [-0.15, -0.1) is 12.4 Å². The standard InChI is InChI=1S/C16H19BrN4O2.ClH/c1-10-7-12(17)15(22)14(8-10)19-16(23)13-4-6-21(20-13)11-3-2-5-18-9-11;/h4,6-8,11,18,22H,2-3,5,9H2,1H3,(H,19,23);1H. The molecule has 0 aliphatic carbocycles. The largest absolute Gasteiger partial charge is 0.505 e. The fraction of sp³-hybridized carbons (Fsp3) is 0.375. The Morgan fingerprint density at radius 2 is 2.29 bits per heavy atom. The molecule has 0 radical (unpaired) electrons. The first-order valence-electron chi connectivity index (χ1n) is 7.61. The van der Waals surface area contributed by atoms with Gasteiger partial charge >= 0.3 is 0 Å². The quantitative estimate of drug-likeness (QED) is 0.672. The highest BCUT2D eigenvalue weighted by Gasteiger charge is 2.18. The molecule has 1 aliphatic heterocycles. The van der Waals surface area contributed by atoms with E-state index in [1.807, 2.05) is 17.8 Å². The molecule has 1 saturated heterocycles. The topological polar surface area (TPSA) is 79.2 Å². The van der Waals surface area contributed by atoms with Crippen molar-refractivity contribution in [3.63, 3.8) is 0 Å². The normalized spacial score (nSPS) is 17.2. The molecule has 1 fully saturated rings. The van der Waals surface area contributed by atoms with Gasteiger partial charge in [0.15, 0.2) is 11.4 Å². The van der Waals surface area contributed by atoms with E-state index in [1.54, 1.807) is 18.2 Å². The number of carbonyl (C=O) groups excluding carboxylic acids is 1. The molecule has 8 heteroatoms. The van der Waals surface area contributed by atoms with Crippen LogP contribution in [0.2, 0.25) is 0 Å². The van der Waals surface area contributed by atoms with Gasteiger partial charge in [0.2, 0.25) is 0 Å². The van der Waals surface area contributed by atoms with E-state index in [0.29, 0.717) is 15.9 Å². The lowest BCUT2D eigenvalue weighted by Gasteiger charge is -2.22. The number of rotatable bonds is 3. The number of hydrogen-bond donors (Lipinski definition) is 3. The number of aryl methyl sites for hydroxylation is 1. The third-order valence-corrected chi connectivity index (χ3v) is 4.55. The number of benzene rings is 1. The predicted molar refractivity (Wildman–Crippen MR) is 99.1 cm³/mol. The number of nitrogens with one attached hydrogen (secondary N) is 2. The molecule has 1 atom stereocenters. The number of phenols is 1. The zero-order chi connectivity index (χ0) is 16.4. The molecule has 0 spiro atoms. The van der Waals surface area contributed by atoms with Crippen LogP contribution in [0.1, 0.15) is 34.9 Å². The van der Waals surface area contributed by atoms with Gasteiger partial charge in [-0.05, 0) is 66.0 Å². The van der Waals surface area contributed by atoms with Gasteiger partial charge in [-0.3, -0.25) is 9.48 Å². The minimum absolute atomic E-state index is 0. The molecule has 24 heavy (non-hydrogen) atoms. The third kappa shape index (κ3) is 4.09. The lowest BCUT2D eigenvalue weighted by Crippen LogP contribution is -2.32. The van der Waals surface area contributed by atoms with Crippen LogP contribution in [0.25, 0.3) is 0 Å². The van der Waals surface area contributed by atoms with Crippen LogP contribution in [0, 0.1) is 6.92 Å². The van der Waals surface area contributed by atoms with Gasteiger partial charge in [-0.2, -0.15) is 5.10 Å². The minimum Gasteiger partial charge on any atom is -0.505 e. The van der Waals surface area contributed by atoms with Crippen LogP contribution < -0.4 is 10.6 Å². The molecule has 3 rings (SSSR count). The third-order valence-electron chi connectivity index (χ3n) is 3.94. The lowest BCUT2D eigenvalue weighted by molar-refractivity contribution is 0.102. The maximum atomic E-state index is 12.4. The molecule has 1 unspecified atom stereocenters. The van der Waals surface area contributed by atoms with E-state index in [0.717, 1.165) is 31.5 Å². The fourth-order valence-electron chi connectivity index (χ4n) is 2.74. The summed E-state index contributed by atoms with van der Waals surface area (Å²) >= 11 is 3.27. The van der Waals surface area contributed by atoms with E-state index >= 15 is 0 Å². The average molecular weight is 416 g/mol. The average Bonchev–Trinajstić information content (AvgIpc) is 3.03. The molecule has 1 aliphatic rings. The van der Waals surface area contributed by atoms with Crippen LogP contribution >= 0.6 is 28.3 Å². The minimum atomic E-state index is -0.333. The molecule has 0 bridgehead atoms.